The number of ether oxygens (including phenoxy) is 12. The molecule has 0 atom stereocenters. The van der Waals surface area contributed by atoms with Crippen LogP contribution in [0.3, 0.4) is 0 Å². The largest absolute Gasteiger partial charge is 0.487 e. The van der Waals surface area contributed by atoms with Gasteiger partial charge in [-0.15, -0.1) is 0 Å². The van der Waals surface area contributed by atoms with Crippen LogP contribution in [0.15, 0.2) is 30.3 Å². The van der Waals surface area contributed by atoms with Crippen molar-refractivity contribution < 1.29 is 71.2 Å². The zero-order valence-electron chi connectivity index (χ0n) is 40.1. The molecule has 0 unspecified atom stereocenters. The summed E-state index contributed by atoms with van der Waals surface area (Å²) in [6.45, 7) is 10.9. The van der Waals surface area contributed by atoms with Gasteiger partial charge in [-0.25, -0.2) is 0 Å². The zero-order chi connectivity index (χ0) is 47.3. The summed E-state index contributed by atoms with van der Waals surface area (Å²) in [6, 6.07) is 9.37. The summed E-state index contributed by atoms with van der Waals surface area (Å²) in [6.07, 6.45) is 2.21. The maximum atomic E-state index is 13.6. The first-order valence-electron chi connectivity index (χ1n) is 22.5. The summed E-state index contributed by atoms with van der Waals surface area (Å²) in [4.78, 5) is 41.4. The van der Waals surface area contributed by atoms with E-state index in [1.54, 1.807) is 19.2 Å². The summed E-state index contributed by atoms with van der Waals surface area (Å²) in [7, 11) is 9.46. The maximum absolute atomic E-state index is 13.6. The molecule has 0 aliphatic heterocycles. The van der Waals surface area contributed by atoms with E-state index in [1.165, 1.54) is 0 Å². The van der Waals surface area contributed by atoms with E-state index in [9.17, 15) is 14.4 Å². The number of amides is 1. The molecule has 0 bridgehead atoms. The van der Waals surface area contributed by atoms with Crippen LogP contribution in [-0.2, 0) is 58.8 Å². The van der Waals surface area contributed by atoms with Crippen molar-refractivity contribution in [2.75, 3.05) is 167 Å². The van der Waals surface area contributed by atoms with Crippen molar-refractivity contribution in [3.63, 3.8) is 0 Å². The quantitative estimate of drug-likeness (QED) is 0.0749. The summed E-state index contributed by atoms with van der Waals surface area (Å²) < 4.78 is 67.8. The van der Waals surface area contributed by atoms with Gasteiger partial charge in [-0.05, 0) is 85.7 Å². The number of hydrogen-bond acceptors (Lipinski definition) is 17. The van der Waals surface area contributed by atoms with Crippen molar-refractivity contribution in [3.05, 3.63) is 52.6 Å². The molecule has 0 aromatic heterocycles. The third-order valence-electron chi connectivity index (χ3n) is 8.96. The molecule has 0 saturated heterocycles. The fourth-order valence-electron chi connectivity index (χ4n) is 5.90. The van der Waals surface area contributed by atoms with Gasteiger partial charge >= 0.3 is 11.9 Å². The van der Waals surface area contributed by atoms with Crippen LogP contribution in [0.5, 0.6) is 17.2 Å². The van der Waals surface area contributed by atoms with Crippen molar-refractivity contribution in [1.82, 2.24) is 15.1 Å². The van der Waals surface area contributed by atoms with Crippen LogP contribution < -0.4 is 19.5 Å². The first-order chi connectivity index (χ1) is 31.5. The van der Waals surface area contributed by atoms with E-state index >= 15 is 0 Å². The van der Waals surface area contributed by atoms with Crippen LogP contribution in [-0.4, -0.2) is 195 Å². The molecule has 370 valence electrons. The first kappa shape index (κ1) is 57.0. The lowest BCUT2D eigenvalue weighted by molar-refractivity contribution is -0.146. The highest BCUT2D eigenvalue weighted by atomic mass is 16.6. The van der Waals surface area contributed by atoms with Crippen molar-refractivity contribution in [2.24, 2.45) is 0 Å². The van der Waals surface area contributed by atoms with E-state index in [0.717, 1.165) is 42.6 Å². The molecule has 0 spiro atoms. The number of carbonyl (C=O) groups excluding carboxylic acids is 3. The van der Waals surface area contributed by atoms with Crippen molar-refractivity contribution in [1.29, 1.82) is 0 Å². The molecule has 0 radical (unpaired) electrons. The fourth-order valence-corrected chi connectivity index (χ4v) is 5.90. The number of hydrogen-bond donors (Lipinski definition) is 1. The average Bonchev–Trinajstić information content (AvgIpc) is 3.26. The molecule has 0 heterocycles. The number of benzene rings is 2. The van der Waals surface area contributed by atoms with E-state index in [2.05, 4.69) is 11.4 Å². The molecule has 65 heavy (non-hydrogen) atoms. The maximum Gasteiger partial charge on any atom is 0.305 e. The smallest absolute Gasteiger partial charge is 0.305 e. The lowest BCUT2D eigenvalue weighted by Crippen LogP contribution is -2.23. The van der Waals surface area contributed by atoms with Crippen LogP contribution in [0.25, 0.3) is 0 Å². The molecule has 0 saturated carbocycles. The van der Waals surface area contributed by atoms with E-state index in [-0.39, 0.29) is 101 Å². The molecule has 18 heteroatoms. The van der Waals surface area contributed by atoms with E-state index < -0.39 is 0 Å². The standard InChI is InChI=1S/C47H77N3O15/c1-38-32-39(2)34-40(33-38)37-48-47(53)41-35-42(61-27-22-56-17-16-55-15-14-54-7)46(65-31-26-60-21-20-59-25-30-64-45(52)11-9-13-50(5)6)43(36-41)62-28-23-57-18-19-58-24-29-63-44(51)10-8-12-49(3)4/h32-36H,8-31,37H2,1-7H3,(H,48,53). The van der Waals surface area contributed by atoms with Crippen LogP contribution in [0.1, 0.15) is 52.7 Å². The van der Waals surface area contributed by atoms with Crippen LogP contribution in [0.4, 0.5) is 0 Å². The number of aryl methyl sites for hydroxylation is 2. The van der Waals surface area contributed by atoms with Gasteiger partial charge in [-0.2, -0.15) is 0 Å². The highest BCUT2D eigenvalue weighted by Gasteiger charge is 2.20. The number of rotatable bonds is 41. The monoisotopic (exact) mass is 924 g/mol. The lowest BCUT2D eigenvalue weighted by atomic mass is 10.1. The average molecular weight is 924 g/mol. The van der Waals surface area contributed by atoms with Gasteiger partial charge in [0.05, 0.1) is 85.9 Å². The Kier molecular flexibility index (Phi) is 32.5. The predicted octanol–water partition coefficient (Wildman–Crippen LogP) is 3.89. The fraction of sp³-hybridized carbons (Fsp3) is 0.681. The highest BCUT2D eigenvalue weighted by molar-refractivity contribution is 5.95. The van der Waals surface area contributed by atoms with Gasteiger partial charge in [0, 0.05) is 32.1 Å². The molecule has 1 N–H and O–H groups in total. The number of nitrogens with zero attached hydrogens (tertiary/aromatic N) is 2. The van der Waals surface area contributed by atoms with Crippen molar-refractivity contribution in [2.45, 2.75) is 46.1 Å². The molecule has 1 amide bonds. The van der Waals surface area contributed by atoms with Gasteiger partial charge in [0.25, 0.3) is 5.91 Å². The van der Waals surface area contributed by atoms with Crippen LogP contribution in [0.2, 0.25) is 0 Å². The zero-order valence-corrected chi connectivity index (χ0v) is 40.1. The van der Waals surface area contributed by atoms with E-state index in [0.29, 0.717) is 77.8 Å². The molecule has 18 nitrogen and oxygen atoms in total. The van der Waals surface area contributed by atoms with Gasteiger partial charge < -0.3 is 72.0 Å². The number of esters is 2. The summed E-state index contributed by atoms with van der Waals surface area (Å²) >= 11 is 0. The Morgan fingerprint density at radius 1 is 0.492 bits per heavy atom. The minimum Gasteiger partial charge on any atom is -0.487 e. The lowest BCUT2D eigenvalue weighted by Gasteiger charge is -2.19. The Morgan fingerprint density at radius 2 is 0.877 bits per heavy atom. The molecule has 0 fully saturated rings. The number of methoxy groups -OCH3 is 1. The highest BCUT2D eigenvalue weighted by Crippen LogP contribution is 2.39. The van der Waals surface area contributed by atoms with E-state index in [1.807, 2.05) is 64.0 Å². The first-order valence-corrected chi connectivity index (χ1v) is 22.5. The molecule has 0 aliphatic rings. The van der Waals surface area contributed by atoms with Crippen LogP contribution in [0, 0.1) is 13.8 Å². The minimum absolute atomic E-state index is 0.124. The summed E-state index contributed by atoms with van der Waals surface area (Å²) in [5, 5.41) is 3.01. The third-order valence-corrected chi connectivity index (χ3v) is 8.96. The SMILES string of the molecule is COCCOCCOCCOc1cc(C(=O)NCc2cc(C)cc(C)c2)cc(OCCOCCOCCOC(=O)CCCN(C)C)c1OCCOCCOCCOC(=O)CCCN(C)C. The second-order valence-electron chi connectivity index (χ2n) is 15.4. The van der Waals surface area contributed by atoms with Gasteiger partial charge in [0.2, 0.25) is 5.75 Å². The molecule has 0 aliphatic carbocycles. The van der Waals surface area contributed by atoms with Gasteiger partial charge in [0.1, 0.15) is 33.0 Å². The van der Waals surface area contributed by atoms with Gasteiger partial charge in [-0.3, -0.25) is 14.4 Å². The third kappa shape index (κ3) is 29.9. The minimum atomic E-state index is -0.329. The Labute approximate surface area is 386 Å². The van der Waals surface area contributed by atoms with Crippen molar-refractivity contribution in [3.8, 4) is 17.2 Å². The molecular formula is C47H77N3O15. The van der Waals surface area contributed by atoms with Crippen LogP contribution >= 0.6 is 0 Å². The second kappa shape index (κ2) is 37.0. The Bertz CT molecular complexity index is 1560. The second-order valence-corrected chi connectivity index (χ2v) is 15.4. The molecule has 2 aromatic rings. The number of carbonyl (C=O) groups is 3. The summed E-state index contributed by atoms with van der Waals surface area (Å²) in [5.74, 6) is 0.0302. The Balaban J connectivity index is 2.02. The number of nitrogens with one attached hydrogen (secondary N) is 1. The molecule has 2 rings (SSSR count). The molecular weight excluding hydrogens is 847 g/mol. The van der Waals surface area contributed by atoms with Gasteiger partial charge in [-0.1, -0.05) is 29.3 Å². The molecule has 2 aromatic carbocycles. The summed E-state index contributed by atoms with van der Waals surface area (Å²) in [5.41, 5.74) is 3.49. The van der Waals surface area contributed by atoms with E-state index in [4.69, 9.17) is 56.8 Å². The van der Waals surface area contributed by atoms with Gasteiger partial charge in [0.15, 0.2) is 11.5 Å². The Morgan fingerprint density at radius 3 is 1.29 bits per heavy atom. The topological polar surface area (TPSA) is 180 Å². The predicted molar refractivity (Wildman–Crippen MR) is 244 cm³/mol. The Hall–Kier alpha value is -4.11. The van der Waals surface area contributed by atoms with Crippen molar-refractivity contribution >= 4 is 17.8 Å². The normalized spacial score (nSPS) is 11.3.